The Morgan fingerprint density at radius 1 is 1.35 bits per heavy atom. The summed E-state index contributed by atoms with van der Waals surface area (Å²) in [6, 6.07) is 6.67. The lowest BCUT2D eigenvalue weighted by Crippen LogP contribution is -2.33. The van der Waals surface area contributed by atoms with Gasteiger partial charge in [-0.2, -0.15) is 0 Å². The maximum absolute atomic E-state index is 11.9. The third-order valence-electron chi connectivity index (χ3n) is 2.80. The molecule has 0 saturated carbocycles. The molecule has 0 heterocycles. The molecule has 0 fully saturated rings. The number of benzene rings is 1. The zero-order chi connectivity index (χ0) is 15.0. The Morgan fingerprint density at radius 2 is 2.10 bits per heavy atom. The van der Waals surface area contributed by atoms with E-state index in [-0.39, 0.29) is 12.5 Å². The number of rotatable bonds is 7. The van der Waals surface area contributed by atoms with Crippen molar-refractivity contribution in [1.29, 1.82) is 0 Å². The fourth-order valence-corrected chi connectivity index (χ4v) is 1.75. The summed E-state index contributed by atoms with van der Waals surface area (Å²) in [6.07, 6.45) is 0.821. The smallest absolute Gasteiger partial charge is 0.321 e. The summed E-state index contributed by atoms with van der Waals surface area (Å²) in [7, 11) is 3.60. The summed E-state index contributed by atoms with van der Waals surface area (Å²) in [5, 5.41) is 14.5. The summed E-state index contributed by atoms with van der Waals surface area (Å²) in [5.41, 5.74) is 1.27. The first-order chi connectivity index (χ1) is 9.52. The zero-order valence-electron chi connectivity index (χ0n) is 11.8. The first-order valence-corrected chi connectivity index (χ1v) is 6.50. The zero-order valence-corrected chi connectivity index (χ0v) is 11.8. The Balaban J connectivity index is 2.54. The van der Waals surface area contributed by atoms with Crippen molar-refractivity contribution >= 4 is 17.7 Å². The highest BCUT2D eigenvalue weighted by Crippen LogP contribution is 2.12. The number of urea groups is 1. The molecular formula is C14H21N3O3. The van der Waals surface area contributed by atoms with E-state index in [0.717, 1.165) is 13.0 Å². The predicted octanol–water partition coefficient (Wildman–Crippen LogP) is 1.39. The van der Waals surface area contributed by atoms with E-state index in [1.165, 1.54) is 0 Å². The number of carbonyl (C=O) groups is 2. The summed E-state index contributed by atoms with van der Waals surface area (Å²) >= 11 is 0. The first-order valence-electron chi connectivity index (χ1n) is 6.50. The molecule has 110 valence electrons. The number of hydrogen-bond donors (Lipinski definition) is 3. The Bertz CT molecular complexity index is 463. The van der Waals surface area contributed by atoms with E-state index in [1.807, 2.05) is 7.05 Å². The van der Waals surface area contributed by atoms with E-state index >= 15 is 0 Å². The molecule has 0 atom stereocenters. The highest BCUT2D eigenvalue weighted by Gasteiger charge is 2.09. The molecule has 0 spiro atoms. The van der Waals surface area contributed by atoms with Gasteiger partial charge in [0.2, 0.25) is 0 Å². The normalized spacial score (nSPS) is 10.1. The van der Waals surface area contributed by atoms with Crippen LogP contribution in [0.15, 0.2) is 24.3 Å². The SMILES string of the molecule is CNCCCN(C)C(=O)Nc1cccc(CC(=O)O)c1. The second kappa shape index (κ2) is 8.16. The van der Waals surface area contributed by atoms with Crippen molar-refractivity contribution in [3.05, 3.63) is 29.8 Å². The second-order valence-electron chi connectivity index (χ2n) is 4.58. The minimum Gasteiger partial charge on any atom is -0.481 e. The summed E-state index contributed by atoms with van der Waals surface area (Å²) < 4.78 is 0. The van der Waals surface area contributed by atoms with Gasteiger partial charge < -0.3 is 20.6 Å². The monoisotopic (exact) mass is 279 g/mol. The number of amides is 2. The van der Waals surface area contributed by atoms with Crippen molar-refractivity contribution < 1.29 is 14.7 Å². The Kier molecular flexibility index (Phi) is 6.52. The molecule has 0 aliphatic carbocycles. The molecular weight excluding hydrogens is 258 g/mol. The van der Waals surface area contributed by atoms with Gasteiger partial charge in [0.25, 0.3) is 0 Å². The number of aliphatic carboxylic acids is 1. The lowest BCUT2D eigenvalue weighted by molar-refractivity contribution is -0.136. The van der Waals surface area contributed by atoms with E-state index in [9.17, 15) is 9.59 Å². The standard InChI is InChI=1S/C14H21N3O3/c1-15-7-4-8-17(2)14(20)16-12-6-3-5-11(9-12)10-13(18)19/h3,5-6,9,15H,4,7-8,10H2,1-2H3,(H,16,20)(H,18,19). The van der Waals surface area contributed by atoms with Crippen LogP contribution in [-0.4, -0.2) is 49.2 Å². The van der Waals surface area contributed by atoms with Crippen molar-refractivity contribution in [2.45, 2.75) is 12.8 Å². The van der Waals surface area contributed by atoms with Gasteiger partial charge in [-0.3, -0.25) is 4.79 Å². The molecule has 0 aromatic heterocycles. The van der Waals surface area contributed by atoms with Crippen LogP contribution in [-0.2, 0) is 11.2 Å². The maximum atomic E-state index is 11.9. The second-order valence-corrected chi connectivity index (χ2v) is 4.58. The van der Waals surface area contributed by atoms with Gasteiger partial charge in [0.05, 0.1) is 6.42 Å². The van der Waals surface area contributed by atoms with Gasteiger partial charge in [-0.15, -0.1) is 0 Å². The van der Waals surface area contributed by atoms with Gasteiger partial charge in [0.15, 0.2) is 0 Å². The lowest BCUT2D eigenvalue weighted by atomic mass is 10.1. The van der Waals surface area contributed by atoms with E-state index in [4.69, 9.17) is 5.11 Å². The van der Waals surface area contributed by atoms with Gasteiger partial charge in [0, 0.05) is 19.3 Å². The van der Waals surface area contributed by atoms with Crippen LogP contribution < -0.4 is 10.6 Å². The van der Waals surface area contributed by atoms with Gasteiger partial charge in [-0.1, -0.05) is 12.1 Å². The number of carboxylic acids is 1. The largest absolute Gasteiger partial charge is 0.481 e. The number of hydrogen-bond acceptors (Lipinski definition) is 3. The van der Waals surface area contributed by atoms with Crippen LogP contribution in [0, 0.1) is 0 Å². The molecule has 1 aromatic carbocycles. The van der Waals surface area contributed by atoms with Crippen molar-refractivity contribution in [1.82, 2.24) is 10.2 Å². The number of nitrogens with zero attached hydrogens (tertiary/aromatic N) is 1. The molecule has 0 aliphatic heterocycles. The van der Waals surface area contributed by atoms with Crippen LogP contribution in [0.4, 0.5) is 10.5 Å². The molecule has 1 aromatic rings. The molecule has 20 heavy (non-hydrogen) atoms. The topological polar surface area (TPSA) is 81.7 Å². The molecule has 0 radical (unpaired) electrons. The molecule has 0 unspecified atom stereocenters. The van der Waals surface area contributed by atoms with Crippen molar-refractivity contribution in [3.8, 4) is 0 Å². The Labute approximate surface area is 118 Å². The fraction of sp³-hybridized carbons (Fsp3) is 0.429. The van der Waals surface area contributed by atoms with Crippen molar-refractivity contribution in [2.24, 2.45) is 0 Å². The quantitative estimate of drug-likeness (QED) is 0.659. The summed E-state index contributed by atoms with van der Waals surface area (Å²) in [6.45, 7) is 1.51. The predicted molar refractivity (Wildman–Crippen MR) is 78.0 cm³/mol. The average Bonchev–Trinajstić information content (AvgIpc) is 2.38. The minimum absolute atomic E-state index is 0.0539. The van der Waals surface area contributed by atoms with Crippen LogP contribution in [0.2, 0.25) is 0 Å². The van der Waals surface area contributed by atoms with E-state index in [2.05, 4.69) is 10.6 Å². The van der Waals surface area contributed by atoms with Crippen LogP contribution in [0.1, 0.15) is 12.0 Å². The van der Waals surface area contributed by atoms with Gasteiger partial charge in [-0.05, 0) is 37.7 Å². The number of carbonyl (C=O) groups excluding carboxylic acids is 1. The average molecular weight is 279 g/mol. The number of carboxylic acid groups (broad SMARTS) is 1. The Morgan fingerprint density at radius 3 is 2.75 bits per heavy atom. The van der Waals surface area contributed by atoms with Crippen molar-refractivity contribution in [3.63, 3.8) is 0 Å². The third kappa shape index (κ3) is 5.71. The van der Waals surface area contributed by atoms with Gasteiger partial charge in [0.1, 0.15) is 0 Å². The molecule has 6 nitrogen and oxygen atoms in total. The molecule has 6 heteroatoms. The minimum atomic E-state index is -0.891. The first kappa shape index (κ1) is 16.0. The van der Waals surface area contributed by atoms with Crippen molar-refractivity contribution in [2.75, 3.05) is 32.5 Å². The van der Waals surface area contributed by atoms with Gasteiger partial charge >= 0.3 is 12.0 Å². The summed E-state index contributed by atoms with van der Waals surface area (Å²) in [4.78, 5) is 24.2. The molecule has 2 amide bonds. The molecule has 0 aliphatic rings. The van der Waals surface area contributed by atoms with Gasteiger partial charge in [-0.25, -0.2) is 4.79 Å². The fourth-order valence-electron chi connectivity index (χ4n) is 1.75. The molecule has 0 saturated heterocycles. The van der Waals surface area contributed by atoms with Crippen LogP contribution >= 0.6 is 0 Å². The van der Waals surface area contributed by atoms with E-state index in [1.54, 1.807) is 36.2 Å². The Hall–Kier alpha value is -2.08. The van der Waals surface area contributed by atoms with Crippen LogP contribution in [0.25, 0.3) is 0 Å². The molecule has 0 bridgehead atoms. The highest BCUT2D eigenvalue weighted by molar-refractivity contribution is 5.89. The van der Waals surface area contributed by atoms with E-state index in [0.29, 0.717) is 17.8 Å². The lowest BCUT2D eigenvalue weighted by Gasteiger charge is -2.18. The number of nitrogens with one attached hydrogen (secondary N) is 2. The maximum Gasteiger partial charge on any atom is 0.321 e. The van der Waals surface area contributed by atoms with Crippen LogP contribution in [0.5, 0.6) is 0 Å². The molecule has 3 N–H and O–H groups in total. The third-order valence-corrected chi connectivity index (χ3v) is 2.80. The number of anilines is 1. The van der Waals surface area contributed by atoms with Crippen LogP contribution in [0.3, 0.4) is 0 Å². The summed E-state index contributed by atoms with van der Waals surface area (Å²) in [5.74, 6) is -0.891. The van der Waals surface area contributed by atoms with E-state index < -0.39 is 5.97 Å². The highest BCUT2D eigenvalue weighted by atomic mass is 16.4. The molecule has 1 rings (SSSR count).